The molecular formula is C26H36N6O3S. The summed E-state index contributed by atoms with van der Waals surface area (Å²) in [6.07, 6.45) is 3.86. The normalized spacial score (nSPS) is 17.3. The summed E-state index contributed by atoms with van der Waals surface area (Å²) in [5.41, 5.74) is 7.98. The second kappa shape index (κ2) is 12.6. The van der Waals surface area contributed by atoms with Crippen molar-refractivity contribution in [2.45, 2.75) is 45.7 Å². The molecule has 10 heteroatoms. The SMILES string of the molecule is CC.CN1CCCC(NC(=O)c2cc3c(s2)CCN(C(=O)CNC(=O)c2ccc(N)c(C=N)c2)C3)C1. The minimum atomic E-state index is -0.392. The standard InChI is InChI=1S/C24H30N6O3S.C2H6/c1-29-7-2-3-18(14-29)28-24(33)21-10-17-13-30(8-6-20(17)34-21)22(31)12-27-23(32)15-4-5-19(26)16(9-15)11-25;1-2/h4-5,9-11,18,25H,2-3,6-8,12-14,26H2,1H3,(H,27,32)(H,28,33);1-2H3. The first-order chi connectivity index (χ1) is 17.3. The molecule has 3 heterocycles. The van der Waals surface area contributed by atoms with E-state index in [0.717, 1.165) is 42.6 Å². The van der Waals surface area contributed by atoms with Gasteiger partial charge in [-0.05, 0) is 62.7 Å². The number of nitrogen functional groups attached to an aromatic ring is 1. The molecule has 0 aliphatic carbocycles. The van der Waals surface area contributed by atoms with Gasteiger partial charge in [0.2, 0.25) is 5.91 Å². The highest BCUT2D eigenvalue weighted by Crippen LogP contribution is 2.28. The Hall–Kier alpha value is -3.24. The Bertz CT molecular complexity index is 1120. The molecule has 1 fully saturated rings. The van der Waals surface area contributed by atoms with E-state index in [1.807, 2.05) is 19.9 Å². The van der Waals surface area contributed by atoms with Crippen molar-refractivity contribution in [1.82, 2.24) is 20.4 Å². The highest BCUT2D eigenvalue weighted by atomic mass is 32.1. The van der Waals surface area contributed by atoms with Crippen LogP contribution in [0.2, 0.25) is 0 Å². The van der Waals surface area contributed by atoms with Crippen molar-refractivity contribution in [1.29, 1.82) is 5.41 Å². The number of fused-ring (bicyclic) bond motifs is 1. The number of nitrogens with zero attached hydrogens (tertiary/aromatic N) is 2. The average molecular weight is 513 g/mol. The molecule has 1 unspecified atom stereocenters. The van der Waals surface area contributed by atoms with Crippen molar-refractivity contribution in [3.8, 4) is 0 Å². The van der Waals surface area contributed by atoms with E-state index < -0.39 is 5.91 Å². The van der Waals surface area contributed by atoms with Crippen molar-refractivity contribution >= 4 is 41.0 Å². The number of carbonyl (C=O) groups is 3. The molecule has 0 saturated carbocycles. The molecule has 194 valence electrons. The van der Waals surface area contributed by atoms with Gasteiger partial charge in [-0.3, -0.25) is 14.4 Å². The maximum Gasteiger partial charge on any atom is 0.261 e. The average Bonchev–Trinajstić information content (AvgIpc) is 3.32. The van der Waals surface area contributed by atoms with Gasteiger partial charge in [0.1, 0.15) is 0 Å². The Morgan fingerprint density at radius 1 is 1.19 bits per heavy atom. The molecule has 9 nitrogen and oxygen atoms in total. The fourth-order valence-electron chi connectivity index (χ4n) is 4.41. The highest BCUT2D eigenvalue weighted by molar-refractivity contribution is 7.14. The van der Waals surface area contributed by atoms with Crippen LogP contribution in [0.5, 0.6) is 0 Å². The number of nitrogens with one attached hydrogen (secondary N) is 3. The van der Waals surface area contributed by atoms with Gasteiger partial charge in [-0.25, -0.2) is 0 Å². The first kappa shape index (κ1) is 27.3. The molecule has 0 bridgehead atoms. The van der Waals surface area contributed by atoms with Gasteiger partial charge < -0.3 is 31.6 Å². The summed E-state index contributed by atoms with van der Waals surface area (Å²) < 4.78 is 0. The second-order valence-corrected chi connectivity index (χ2v) is 10.0. The zero-order chi connectivity index (χ0) is 26.2. The lowest BCUT2D eigenvalue weighted by Crippen LogP contribution is -2.46. The summed E-state index contributed by atoms with van der Waals surface area (Å²) in [5.74, 6) is -0.612. The van der Waals surface area contributed by atoms with Crippen molar-refractivity contribution in [3.05, 3.63) is 50.7 Å². The topological polar surface area (TPSA) is 132 Å². The number of thiophene rings is 1. The smallest absolute Gasteiger partial charge is 0.261 e. The molecule has 1 saturated heterocycles. The monoisotopic (exact) mass is 512 g/mol. The van der Waals surface area contributed by atoms with Crippen molar-refractivity contribution < 1.29 is 14.4 Å². The van der Waals surface area contributed by atoms with Gasteiger partial charge in [0.25, 0.3) is 11.8 Å². The van der Waals surface area contributed by atoms with E-state index in [4.69, 9.17) is 11.1 Å². The van der Waals surface area contributed by atoms with Crippen LogP contribution in [0.25, 0.3) is 0 Å². The highest BCUT2D eigenvalue weighted by Gasteiger charge is 2.26. The van der Waals surface area contributed by atoms with Gasteiger partial charge in [0.15, 0.2) is 0 Å². The molecule has 5 N–H and O–H groups in total. The number of likely N-dealkylation sites (N-methyl/N-ethyl adjacent to an activating group) is 1. The molecule has 2 aliphatic rings. The van der Waals surface area contributed by atoms with Gasteiger partial charge >= 0.3 is 0 Å². The summed E-state index contributed by atoms with van der Waals surface area (Å²) in [4.78, 5) is 43.7. The van der Waals surface area contributed by atoms with E-state index in [0.29, 0.717) is 41.2 Å². The number of hydrogen-bond acceptors (Lipinski definition) is 7. The minimum Gasteiger partial charge on any atom is -0.398 e. The zero-order valence-electron chi connectivity index (χ0n) is 21.2. The molecule has 1 atom stereocenters. The predicted molar refractivity (Wildman–Crippen MR) is 144 cm³/mol. The summed E-state index contributed by atoms with van der Waals surface area (Å²) in [6, 6.07) is 6.73. The Balaban J connectivity index is 0.00000176. The molecule has 0 spiro atoms. The van der Waals surface area contributed by atoms with Crippen molar-refractivity contribution in [3.63, 3.8) is 0 Å². The van der Waals surface area contributed by atoms with Crippen LogP contribution >= 0.6 is 11.3 Å². The quantitative estimate of drug-likeness (QED) is 0.349. The number of nitrogens with two attached hydrogens (primary N) is 1. The first-order valence-electron chi connectivity index (χ1n) is 12.4. The number of anilines is 1. The van der Waals surface area contributed by atoms with E-state index in [2.05, 4.69) is 22.6 Å². The van der Waals surface area contributed by atoms with Crippen molar-refractivity contribution in [2.75, 3.05) is 39.0 Å². The lowest BCUT2D eigenvalue weighted by molar-refractivity contribution is -0.131. The summed E-state index contributed by atoms with van der Waals surface area (Å²) >= 11 is 1.50. The molecule has 2 aliphatic heterocycles. The van der Waals surface area contributed by atoms with E-state index >= 15 is 0 Å². The van der Waals surface area contributed by atoms with Gasteiger partial charge in [-0.2, -0.15) is 0 Å². The Kier molecular flexibility index (Phi) is 9.60. The summed E-state index contributed by atoms with van der Waals surface area (Å²) in [6.45, 7) is 6.79. The molecular weight excluding hydrogens is 476 g/mol. The maximum absolute atomic E-state index is 12.8. The van der Waals surface area contributed by atoms with Crippen molar-refractivity contribution in [2.24, 2.45) is 0 Å². The Morgan fingerprint density at radius 3 is 2.69 bits per heavy atom. The number of rotatable bonds is 6. The fourth-order valence-corrected chi connectivity index (χ4v) is 5.48. The van der Waals surface area contributed by atoms with Crippen LogP contribution in [0, 0.1) is 5.41 Å². The number of carbonyl (C=O) groups excluding carboxylic acids is 3. The Labute approximate surface area is 216 Å². The zero-order valence-corrected chi connectivity index (χ0v) is 22.0. The summed E-state index contributed by atoms with van der Waals surface area (Å²) in [7, 11) is 2.07. The van der Waals surface area contributed by atoms with Gasteiger partial charge in [-0.1, -0.05) is 13.8 Å². The van der Waals surface area contributed by atoms with Crippen LogP contribution in [0.3, 0.4) is 0 Å². The van der Waals surface area contributed by atoms with Gasteiger partial charge in [0, 0.05) is 53.6 Å². The van der Waals surface area contributed by atoms with Gasteiger partial charge in [-0.15, -0.1) is 11.3 Å². The third kappa shape index (κ3) is 6.70. The molecule has 0 radical (unpaired) electrons. The molecule has 1 aromatic carbocycles. The van der Waals surface area contributed by atoms with Crippen LogP contribution < -0.4 is 16.4 Å². The van der Waals surface area contributed by atoms with Crippen LogP contribution in [-0.4, -0.2) is 73.0 Å². The van der Waals surface area contributed by atoms with Gasteiger partial charge in [0.05, 0.1) is 11.4 Å². The summed E-state index contributed by atoms with van der Waals surface area (Å²) in [5, 5.41) is 13.2. The third-order valence-corrected chi connectivity index (χ3v) is 7.54. The lowest BCUT2D eigenvalue weighted by atomic mass is 10.1. The van der Waals surface area contributed by atoms with Crippen LogP contribution in [-0.2, 0) is 17.8 Å². The lowest BCUT2D eigenvalue weighted by Gasteiger charge is -2.30. The molecule has 4 rings (SSSR count). The fraction of sp³-hybridized carbons (Fsp3) is 0.462. The van der Waals surface area contributed by atoms with E-state index in [1.54, 1.807) is 17.0 Å². The van der Waals surface area contributed by atoms with E-state index in [-0.39, 0.29) is 24.4 Å². The first-order valence-corrected chi connectivity index (χ1v) is 13.2. The predicted octanol–water partition coefficient (Wildman–Crippen LogP) is 2.49. The molecule has 1 aromatic heterocycles. The largest absolute Gasteiger partial charge is 0.398 e. The number of amides is 3. The van der Waals surface area contributed by atoms with Crippen LogP contribution in [0.15, 0.2) is 24.3 Å². The van der Waals surface area contributed by atoms with E-state index in [9.17, 15) is 14.4 Å². The van der Waals surface area contributed by atoms with Crippen LogP contribution in [0.1, 0.15) is 62.7 Å². The third-order valence-electron chi connectivity index (χ3n) is 6.31. The second-order valence-electron chi connectivity index (χ2n) is 8.87. The minimum absolute atomic E-state index is 0.0439. The van der Waals surface area contributed by atoms with Crippen LogP contribution in [0.4, 0.5) is 5.69 Å². The maximum atomic E-state index is 12.8. The van der Waals surface area contributed by atoms with E-state index in [1.165, 1.54) is 17.4 Å². The number of hydrogen-bond donors (Lipinski definition) is 4. The Morgan fingerprint density at radius 2 is 1.97 bits per heavy atom. The number of benzene rings is 1. The number of piperidine rings is 1. The molecule has 36 heavy (non-hydrogen) atoms. The number of likely N-dealkylation sites (tertiary alicyclic amines) is 1. The molecule has 2 aromatic rings. The molecule has 3 amide bonds.